The average Bonchev–Trinajstić information content (AvgIpc) is 2.40. The van der Waals surface area contributed by atoms with Gasteiger partial charge in [0.2, 0.25) is 0 Å². The number of nitrogens with one attached hydrogen (secondary N) is 1. The number of anilines is 1. The fourth-order valence-corrected chi connectivity index (χ4v) is 2.25. The minimum Gasteiger partial charge on any atom is -0.491 e. The van der Waals surface area contributed by atoms with Gasteiger partial charge in [-0.3, -0.25) is 0 Å². The molecule has 0 aromatic heterocycles. The summed E-state index contributed by atoms with van der Waals surface area (Å²) in [4.78, 5) is 0. The summed E-state index contributed by atoms with van der Waals surface area (Å²) in [6.45, 7) is 6.10. The lowest BCUT2D eigenvalue weighted by atomic mass is 10.1. The largest absolute Gasteiger partial charge is 0.491 e. The first-order valence-electron chi connectivity index (χ1n) is 7.30. The third-order valence-corrected chi connectivity index (χ3v) is 3.07. The maximum atomic E-state index is 13.2. The van der Waals surface area contributed by atoms with E-state index in [1.165, 1.54) is 6.07 Å². The molecule has 0 heterocycles. The Morgan fingerprint density at radius 3 is 2.38 bits per heavy atom. The van der Waals surface area contributed by atoms with E-state index in [4.69, 9.17) is 4.74 Å². The van der Waals surface area contributed by atoms with Gasteiger partial charge in [0.15, 0.2) is 0 Å². The molecule has 2 aromatic carbocycles. The Labute approximate surface area is 126 Å². The summed E-state index contributed by atoms with van der Waals surface area (Å²) in [6.07, 6.45) is 0.956. The lowest BCUT2D eigenvalue weighted by Crippen LogP contribution is -2.18. The van der Waals surface area contributed by atoms with Gasteiger partial charge in [-0.25, -0.2) is 4.39 Å². The third-order valence-electron chi connectivity index (χ3n) is 3.07. The third kappa shape index (κ3) is 5.10. The second kappa shape index (κ2) is 7.11. The van der Waals surface area contributed by atoms with E-state index < -0.39 is 0 Å². The summed E-state index contributed by atoms with van der Waals surface area (Å²) in [6, 6.07) is 14.9. The van der Waals surface area contributed by atoms with Crippen molar-refractivity contribution in [1.29, 1.82) is 0 Å². The Morgan fingerprint density at radius 2 is 1.76 bits per heavy atom. The van der Waals surface area contributed by atoms with E-state index in [9.17, 15) is 4.39 Å². The molecule has 0 aliphatic carbocycles. The van der Waals surface area contributed by atoms with Crippen molar-refractivity contribution in [2.45, 2.75) is 39.3 Å². The van der Waals surface area contributed by atoms with Crippen molar-refractivity contribution in [1.82, 2.24) is 0 Å². The van der Waals surface area contributed by atoms with Crippen molar-refractivity contribution in [3.8, 4) is 5.75 Å². The molecule has 0 bridgehead atoms. The Morgan fingerprint density at radius 1 is 1.05 bits per heavy atom. The maximum Gasteiger partial charge on any atom is 0.123 e. The highest BCUT2D eigenvalue weighted by molar-refractivity contribution is 5.47. The highest BCUT2D eigenvalue weighted by Crippen LogP contribution is 2.18. The van der Waals surface area contributed by atoms with Crippen molar-refractivity contribution in [3.05, 3.63) is 59.9 Å². The van der Waals surface area contributed by atoms with Crippen LogP contribution in [0.1, 0.15) is 26.3 Å². The quantitative estimate of drug-likeness (QED) is 0.834. The summed E-state index contributed by atoms with van der Waals surface area (Å²) >= 11 is 0. The number of halogens is 1. The van der Waals surface area contributed by atoms with Crippen molar-refractivity contribution >= 4 is 5.69 Å². The van der Waals surface area contributed by atoms with Gasteiger partial charge in [0.05, 0.1) is 6.10 Å². The topological polar surface area (TPSA) is 21.3 Å². The normalized spacial score (nSPS) is 12.2. The molecule has 0 radical (unpaired) electrons. The lowest BCUT2D eigenvalue weighted by Gasteiger charge is -2.16. The fraction of sp³-hybridized carbons (Fsp3) is 0.333. The van der Waals surface area contributed by atoms with E-state index >= 15 is 0 Å². The van der Waals surface area contributed by atoms with Gasteiger partial charge in [-0.05, 0) is 69.2 Å². The van der Waals surface area contributed by atoms with E-state index in [0.717, 1.165) is 23.4 Å². The van der Waals surface area contributed by atoms with E-state index in [1.54, 1.807) is 12.1 Å². The highest BCUT2D eigenvalue weighted by atomic mass is 19.1. The van der Waals surface area contributed by atoms with Gasteiger partial charge in [0.25, 0.3) is 0 Å². The first kappa shape index (κ1) is 15.4. The fourth-order valence-electron chi connectivity index (χ4n) is 2.25. The predicted octanol–water partition coefficient (Wildman–Crippen LogP) is 4.66. The molecule has 112 valence electrons. The van der Waals surface area contributed by atoms with Gasteiger partial charge in [-0.1, -0.05) is 12.1 Å². The number of rotatable bonds is 6. The van der Waals surface area contributed by atoms with Crippen molar-refractivity contribution in [2.24, 2.45) is 0 Å². The second-order valence-corrected chi connectivity index (χ2v) is 5.57. The van der Waals surface area contributed by atoms with Crippen LogP contribution >= 0.6 is 0 Å². The molecule has 1 atom stereocenters. The van der Waals surface area contributed by atoms with Gasteiger partial charge < -0.3 is 10.1 Å². The number of benzene rings is 2. The van der Waals surface area contributed by atoms with Crippen molar-refractivity contribution in [2.75, 3.05) is 5.32 Å². The molecule has 0 saturated heterocycles. The van der Waals surface area contributed by atoms with Crippen LogP contribution in [0.2, 0.25) is 0 Å². The number of hydrogen-bond acceptors (Lipinski definition) is 2. The molecule has 2 nitrogen and oxygen atoms in total. The Hall–Kier alpha value is -2.03. The summed E-state index contributed by atoms with van der Waals surface area (Å²) in [5.41, 5.74) is 2.03. The molecule has 0 aliphatic heterocycles. The zero-order valence-electron chi connectivity index (χ0n) is 12.8. The minimum absolute atomic E-state index is 0.177. The summed E-state index contributed by atoms with van der Waals surface area (Å²) in [5, 5.41) is 3.41. The van der Waals surface area contributed by atoms with Crippen LogP contribution in [-0.4, -0.2) is 12.1 Å². The molecule has 3 heteroatoms. The van der Waals surface area contributed by atoms with E-state index in [0.29, 0.717) is 0 Å². The van der Waals surface area contributed by atoms with Crippen LogP contribution in [0.25, 0.3) is 0 Å². The molecule has 0 spiro atoms. The monoisotopic (exact) mass is 287 g/mol. The molecule has 0 amide bonds. The van der Waals surface area contributed by atoms with Crippen LogP contribution in [0.4, 0.5) is 10.1 Å². The average molecular weight is 287 g/mol. The van der Waals surface area contributed by atoms with Crippen molar-refractivity contribution in [3.63, 3.8) is 0 Å². The second-order valence-electron chi connectivity index (χ2n) is 5.57. The molecule has 21 heavy (non-hydrogen) atoms. The Bertz CT molecular complexity index is 566. The Balaban J connectivity index is 1.91. The molecular weight excluding hydrogens is 265 g/mol. The van der Waals surface area contributed by atoms with Gasteiger partial charge in [-0.2, -0.15) is 0 Å². The first-order valence-corrected chi connectivity index (χ1v) is 7.30. The van der Waals surface area contributed by atoms with Gasteiger partial charge >= 0.3 is 0 Å². The van der Waals surface area contributed by atoms with E-state index in [1.807, 2.05) is 44.2 Å². The minimum atomic E-state index is -0.185. The van der Waals surface area contributed by atoms with Crippen LogP contribution in [0.5, 0.6) is 5.75 Å². The number of hydrogen-bond donors (Lipinski definition) is 1. The van der Waals surface area contributed by atoms with Gasteiger partial charge in [-0.15, -0.1) is 0 Å². The SMILES string of the molecule is CC(Cc1cccc(F)c1)Nc1ccc(OC(C)C)cc1. The zero-order chi connectivity index (χ0) is 15.2. The maximum absolute atomic E-state index is 13.2. The molecule has 0 aliphatic rings. The molecular formula is C18H22FNO. The van der Waals surface area contributed by atoms with E-state index in [-0.39, 0.29) is 18.0 Å². The molecule has 1 N–H and O–H groups in total. The molecule has 2 aromatic rings. The lowest BCUT2D eigenvalue weighted by molar-refractivity contribution is 0.242. The van der Waals surface area contributed by atoms with Crippen LogP contribution in [-0.2, 0) is 6.42 Å². The van der Waals surface area contributed by atoms with Crippen LogP contribution in [0, 0.1) is 5.82 Å². The van der Waals surface area contributed by atoms with E-state index in [2.05, 4.69) is 12.2 Å². The molecule has 0 fully saturated rings. The van der Waals surface area contributed by atoms with Gasteiger partial charge in [0, 0.05) is 11.7 Å². The molecule has 0 saturated carbocycles. The van der Waals surface area contributed by atoms with Gasteiger partial charge in [0.1, 0.15) is 11.6 Å². The number of ether oxygens (including phenoxy) is 1. The van der Waals surface area contributed by atoms with Crippen molar-refractivity contribution < 1.29 is 9.13 Å². The highest BCUT2D eigenvalue weighted by Gasteiger charge is 2.05. The van der Waals surface area contributed by atoms with Crippen LogP contribution in [0.15, 0.2) is 48.5 Å². The first-order chi connectivity index (χ1) is 10.0. The summed E-state index contributed by atoms with van der Waals surface area (Å²) < 4.78 is 18.8. The Kier molecular flexibility index (Phi) is 5.20. The standard InChI is InChI=1S/C18H22FNO/c1-13(2)21-18-9-7-17(8-10-18)20-14(3)11-15-5-4-6-16(19)12-15/h4-10,12-14,20H,11H2,1-3H3. The smallest absolute Gasteiger partial charge is 0.123 e. The van der Waals surface area contributed by atoms with Crippen LogP contribution < -0.4 is 10.1 Å². The zero-order valence-corrected chi connectivity index (χ0v) is 12.8. The van der Waals surface area contributed by atoms with Crippen LogP contribution in [0.3, 0.4) is 0 Å². The molecule has 2 rings (SSSR count). The molecule has 1 unspecified atom stereocenters. The summed E-state index contributed by atoms with van der Waals surface area (Å²) in [7, 11) is 0. The summed E-state index contributed by atoms with van der Waals surface area (Å²) in [5.74, 6) is 0.684. The predicted molar refractivity (Wildman–Crippen MR) is 85.4 cm³/mol.